The molecule has 2 aromatic heterocycles. The van der Waals surface area contributed by atoms with Gasteiger partial charge in [0.15, 0.2) is 0 Å². The molecule has 2 heterocycles. The smallest absolute Gasteiger partial charge is 0.0670 e. The van der Waals surface area contributed by atoms with Gasteiger partial charge in [-0.05, 0) is 36.1 Å². The number of nitrogens with one attached hydrogen (secondary N) is 2. The summed E-state index contributed by atoms with van der Waals surface area (Å²) in [5, 5.41) is 13.9. The van der Waals surface area contributed by atoms with E-state index >= 15 is 0 Å². The predicted octanol–water partition coefficient (Wildman–Crippen LogP) is 4.19. The van der Waals surface area contributed by atoms with Crippen molar-refractivity contribution in [3.63, 3.8) is 0 Å². The normalized spacial score (nSPS) is 12.7. The summed E-state index contributed by atoms with van der Waals surface area (Å²) in [7, 11) is 0. The number of thiophene rings is 1. The summed E-state index contributed by atoms with van der Waals surface area (Å²) in [5.41, 5.74) is 2.20. The summed E-state index contributed by atoms with van der Waals surface area (Å²) in [4.78, 5) is 1.38. The van der Waals surface area contributed by atoms with Crippen LogP contribution in [0.15, 0.2) is 41.9 Å². The van der Waals surface area contributed by atoms with Crippen molar-refractivity contribution < 1.29 is 0 Å². The second-order valence-electron chi connectivity index (χ2n) is 4.29. The summed E-state index contributed by atoms with van der Waals surface area (Å²) < 4.78 is 0. The average molecular weight is 257 g/mol. The molecule has 2 N–H and O–H groups in total. The van der Waals surface area contributed by atoms with E-state index in [4.69, 9.17) is 0 Å². The number of aromatic nitrogens is 2. The SMILES string of the molecule is CCC(Nc1ccc2cn[nH]c2c1)c1cccs1. The van der Waals surface area contributed by atoms with Crippen molar-refractivity contribution in [2.75, 3.05) is 5.32 Å². The summed E-state index contributed by atoms with van der Waals surface area (Å²) >= 11 is 1.80. The Hall–Kier alpha value is -1.81. The molecule has 1 atom stereocenters. The lowest BCUT2D eigenvalue weighted by Gasteiger charge is -2.16. The third-order valence-electron chi connectivity index (χ3n) is 3.08. The fourth-order valence-electron chi connectivity index (χ4n) is 2.09. The second kappa shape index (κ2) is 4.82. The monoisotopic (exact) mass is 257 g/mol. The third kappa shape index (κ3) is 2.11. The van der Waals surface area contributed by atoms with Crippen LogP contribution < -0.4 is 5.32 Å². The van der Waals surface area contributed by atoms with Gasteiger partial charge in [0.1, 0.15) is 0 Å². The molecule has 0 aliphatic carbocycles. The maximum atomic E-state index is 4.04. The number of benzene rings is 1. The van der Waals surface area contributed by atoms with Gasteiger partial charge in [0.05, 0.1) is 17.8 Å². The largest absolute Gasteiger partial charge is 0.377 e. The van der Waals surface area contributed by atoms with E-state index in [0.717, 1.165) is 23.0 Å². The van der Waals surface area contributed by atoms with Crippen LogP contribution >= 0.6 is 11.3 Å². The Balaban J connectivity index is 1.86. The van der Waals surface area contributed by atoms with Crippen LogP contribution in [0.1, 0.15) is 24.3 Å². The zero-order chi connectivity index (χ0) is 12.4. The standard InChI is InChI=1S/C14H15N3S/c1-2-12(14-4-3-7-18-14)16-11-6-5-10-9-15-17-13(10)8-11/h3-9,12,16H,2H2,1H3,(H,15,17). The van der Waals surface area contributed by atoms with E-state index in [-0.39, 0.29) is 0 Å². The summed E-state index contributed by atoms with van der Waals surface area (Å²) in [5.74, 6) is 0. The van der Waals surface area contributed by atoms with Crippen LogP contribution in [-0.4, -0.2) is 10.2 Å². The molecule has 0 spiro atoms. The maximum Gasteiger partial charge on any atom is 0.0670 e. The minimum absolute atomic E-state index is 0.380. The predicted molar refractivity (Wildman–Crippen MR) is 77.1 cm³/mol. The number of aromatic amines is 1. The van der Waals surface area contributed by atoms with Gasteiger partial charge in [-0.25, -0.2) is 0 Å². The number of hydrogen-bond acceptors (Lipinski definition) is 3. The van der Waals surface area contributed by atoms with Gasteiger partial charge in [-0.1, -0.05) is 13.0 Å². The highest BCUT2D eigenvalue weighted by molar-refractivity contribution is 7.10. The first-order valence-corrected chi connectivity index (χ1v) is 6.98. The molecule has 3 rings (SSSR count). The van der Waals surface area contributed by atoms with Crippen LogP contribution in [-0.2, 0) is 0 Å². The van der Waals surface area contributed by atoms with Crippen LogP contribution in [0, 0.1) is 0 Å². The van der Waals surface area contributed by atoms with Gasteiger partial charge in [0.2, 0.25) is 0 Å². The minimum atomic E-state index is 0.380. The zero-order valence-electron chi connectivity index (χ0n) is 10.2. The van der Waals surface area contributed by atoms with Crippen molar-refractivity contribution in [2.24, 2.45) is 0 Å². The van der Waals surface area contributed by atoms with E-state index in [1.807, 2.05) is 6.20 Å². The van der Waals surface area contributed by atoms with E-state index in [2.05, 4.69) is 58.1 Å². The van der Waals surface area contributed by atoms with Gasteiger partial charge in [-0.2, -0.15) is 5.10 Å². The lowest BCUT2D eigenvalue weighted by atomic mass is 10.1. The topological polar surface area (TPSA) is 40.7 Å². The van der Waals surface area contributed by atoms with Crippen molar-refractivity contribution in [3.05, 3.63) is 46.8 Å². The maximum absolute atomic E-state index is 4.04. The number of hydrogen-bond donors (Lipinski definition) is 2. The zero-order valence-corrected chi connectivity index (χ0v) is 11.0. The van der Waals surface area contributed by atoms with Gasteiger partial charge in [-0.15, -0.1) is 11.3 Å². The average Bonchev–Trinajstić information content (AvgIpc) is 3.06. The molecule has 1 aromatic carbocycles. The molecule has 3 nitrogen and oxygen atoms in total. The van der Waals surface area contributed by atoms with Crippen molar-refractivity contribution in [2.45, 2.75) is 19.4 Å². The van der Waals surface area contributed by atoms with Crippen molar-refractivity contribution >= 4 is 27.9 Å². The highest BCUT2D eigenvalue weighted by Crippen LogP contribution is 2.27. The number of fused-ring (bicyclic) bond motifs is 1. The van der Waals surface area contributed by atoms with Crippen LogP contribution in [0.3, 0.4) is 0 Å². The molecule has 1 unspecified atom stereocenters. The molecule has 0 bridgehead atoms. The molecule has 0 saturated carbocycles. The number of nitrogens with zero attached hydrogens (tertiary/aromatic N) is 1. The van der Waals surface area contributed by atoms with Gasteiger partial charge in [-0.3, -0.25) is 5.10 Å². The van der Waals surface area contributed by atoms with Crippen LogP contribution in [0.5, 0.6) is 0 Å². The highest BCUT2D eigenvalue weighted by atomic mass is 32.1. The van der Waals surface area contributed by atoms with Crippen LogP contribution in [0.25, 0.3) is 10.9 Å². The van der Waals surface area contributed by atoms with E-state index in [0.29, 0.717) is 6.04 Å². The summed E-state index contributed by atoms with van der Waals surface area (Å²) in [6.45, 7) is 2.20. The van der Waals surface area contributed by atoms with Gasteiger partial charge >= 0.3 is 0 Å². The first kappa shape index (κ1) is 11.3. The Kier molecular flexibility index (Phi) is 3.02. The first-order valence-electron chi connectivity index (χ1n) is 6.10. The second-order valence-corrected chi connectivity index (χ2v) is 5.27. The fraction of sp³-hybridized carbons (Fsp3) is 0.214. The number of anilines is 1. The molecule has 0 aliphatic rings. The fourth-order valence-corrected chi connectivity index (χ4v) is 2.95. The molecule has 4 heteroatoms. The lowest BCUT2D eigenvalue weighted by molar-refractivity contribution is 0.764. The van der Waals surface area contributed by atoms with Crippen molar-refractivity contribution in [3.8, 4) is 0 Å². The van der Waals surface area contributed by atoms with E-state index in [1.165, 1.54) is 4.88 Å². The molecular weight excluding hydrogens is 242 g/mol. The molecule has 0 radical (unpaired) electrons. The van der Waals surface area contributed by atoms with Crippen molar-refractivity contribution in [1.82, 2.24) is 10.2 Å². The quantitative estimate of drug-likeness (QED) is 0.736. The third-order valence-corrected chi connectivity index (χ3v) is 4.06. The Morgan fingerprint density at radius 2 is 2.33 bits per heavy atom. The Bertz CT molecular complexity index is 627. The molecular formula is C14H15N3S. The number of H-pyrrole nitrogens is 1. The molecule has 0 saturated heterocycles. The Morgan fingerprint density at radius 3 is 3.11 bits per heavy atom. The molecule has 0 aliphatic heterocycles. The van der Waals surface area contributed by atoms with E-state index < -0.39 is 0 Å². The summed E-state index contributed by atoms with van der Waals surface area (Å²) in [6.07, 6.45) is 2.91. The van der Waals surface area contributed by atoms with Crippen molar-refractivity contribution in [1.29, 1.82) is 0 Å². The van der Waals surface area contributed by atoms with Crippen LogP contribution in [0.4, 0.5) is 5.69 Å². The van der Waals surface area contributed by atoms with E-state index in [9.17, 15) is 0 Å². The molecule has 0 fully saturated rings. The minimum Gasteiger partial charge on any atom is -0.377 e. The molecule has 92 valence electrons. The molecule has 3 aromatic rings. The molecule has 18 heavy (non-hydrogen) atoms. The van der Waals surface area contributed by atoms with Crippen LogP contribution in [0.2, 0.25) is 0 Å². The summed E-state index contributed by atoms with van der Waals surface area (Å²) in [6, 6.07) is 11.0. The highest BCUT2D eigenvalue weighted by Gasteiger charge is 2.10. The van der Waals surface area contributed by atoms with E-state index in [1.54, 1.807) is 11.3 Å². The van der Waals surface area contributed by atoms with Gasteiger partial charge in [0, 0.05) is 16.0 Å². The van der Waals surface area contributed by atoms with Gasteiger partial charge < -0.3 is 5.32 Å². The lowest BCUT2D eigenvalue weighted by Crippen LogP contribution is -2.07. The number of rotatable bonds is 4. The Morgan fingerprint density at radius 1 is 1.39 bits per heavy atom. The van der Waals surface area contributed by atoms with Gasteiger partial charge in [0.25, 0.3) is 0 Å². The molecule has 0 amide bonds. The first-order chi connectivity index (χ1) is 8.86. The Labute approximate surface area is 110 Å².